The standard InChI is InChI=1S/C19H30N4O2/c1-4-20-18(21-11-13-10-15(12(2)3)23-25-13)22-16-14-6-9-24-17(14)19(16)7-5-8-19/h10,12,14,16-17H,4-9,11H2,1-3H3,(H2,20,21,22). The molecule has 2 heterocycles. The van der Waals surface area contributed by atoms with Crippen LogP contribution in [0.4, 0.5) is 0 Å². The van der Waals surface area contributed by atoms with Crippen LogP contribution in [-0.2, 0) is 11.3 Å². The number of hydrogen-bond acceptors (Lipinski definition) is 4. The number of nitrogens with one attached hydrogen (secondary N) is 2. The summed E-state index contributed by atoms with van der Waals surface area (Å²) in [6, 6.07) is 2.50. The summed E-state index contributed by atoms with van der Waals surface area (Å²) in [5.41, 5.74) is 1.34. The molecule has 3 unspecified atom stereocenters. The third-order valence-electron chi connectivity index (χ3n) is 6.23. The van der Waals surface area contributed by atoms with Crippen LogP contribution in [0.3, 0.4) is 0 Å². The molecule has 1 aromatic rings. The number of aromatic nitrogens is 1. The molecule has 3 aliphatic rings. The Bertz CT molecular complexity index is 635. The maximum Gasteiger partial charge on any atom is 0.191 e. The number of guanidine groups is 1. The molecule has 6 nitrogen and oxygen atoms in total. The summed E-state index contributed by atoms with van der Waals surface area (Å²) in [6.45, 7) is 8.61. The monoisotopic (exact) mass is 346 g/mol. The molecule has 25 heavy (non-hydrogen) atoms. The van der Waals surface area contributed by atoms with E-state index in [0.717, 1.165) is 30.6 Å². The Morgan fingerprint density at radius 3 is 2.92 bits per heavy atom. The molecule has 0 bridgehead atoms. The first-order valence-electron chi connectivity index (χ1n) is 9.76. The Hall–Kier alpha value is -1.56. The number of nitrogens with zero attached hydrogens (tertiary/aromatic N) is 2. The zero-order valence-electron chi connectivity index (χ0n) is 15.5. The molecule has 2 N–H and O–H groups in total. The smallest absolute Gasteiger partial charge is 0.191 e. The predicted molar refractivity (Wildman–Crippen MR) is 96.5 cm³/mol. The summed E-state index contributed by atoms with van der Waals surface area (Å²) in [5, 5.41) is 11.2. The Morgan fingerprint density at radius 2 is 2.28 bits per heavy atom. The average molecular weight is 346 g/mol. The van der Waals surface area contributed by atoms with Gasteiger partial charge >= 0.3 is 0 Å². The fourth-order valence-corrected chi connectivity index (χ4v) is 4.76. The van der Waals surface area contributed by atoms with Gasteiger partial charge in [-0.15, -0.1) is 0 Å². The summed E-state index contributed by atoms with van der Waals surface area (Å²) in [7, 11) is 0. The maximum atomic E-state index is 6.01. The van der Waals surface area contributed by atoms with Gasteiger partial charge in [0.15, 0.2) is 11.7 Å². The lowest BCUT2D eigenvalue weighted by atomic mass is 9.46. The van der Waals surface area contributed by atoms with E-state index in [9.17, 15) is 0 Å². The molecular weight excluding hydrogens is 316 g/mol. The molecule has 2 aliphatic carbocycles. The third-order valence-corrected chi connectivity index (χ3v) is 6.23. The Kier molecular flexibility index (Phi) is 4.48. The number of fused-ring (bicyclic) bond motifs is 2. The SMILES string of the molecule is CCNC(=NCc1cc(C(C)C)no1)NC1C2CCOC2C12CCC2. The van der Waals surface area contributed by atoms with Crippen molar-refractivity contribution in [2.75, 3.05) is 13.2 Å². The van der Waals surface area contributed by atoms with E-state index < -0.39 is 0 Å². The van der Waals surface area contributed by atoms with Gasteiger partial charge in [0.25, 0.3) is 0 Å². The Labute approximate surface area is 149 Å². The fraction of sp³-hybridized carbons (Fsp3) is 0.789. The van der Waals surface area contributed by atoms with Crippen LogP contribution >= 0.6 is 0 Å². The van der Waals surface area contributed by atoms with Crippen molar-refractivity contribution in [2.24, 2.45) is 16.3 Å². The number of rotatable bonds is 5. The van der Waals surface area contributed by atoms with Crippen molar-refractivity contribution < 1.29 is 9.26 Å². The number of aliphatic imine (C=N–C) groups is 1. The van der Waals surface area contributed by atoms with Crippen molar-refractivity contribution in [1.82, 2.24) is 15.8 Å². The number of hydrogen-bond donors (Lipinski definition) is 2. The lowest BCUT2D eigenvalue weighted by Crippen LogP contribution is -2.72. The first-order chi connectivity index (χ1) is 12.1. The van der Waals surface area contributed by atoms with Crippen molar-refractivity contribution in [3.8, 4) is 0 Å². The largest absolute Gasteiger partial charge is 0.377 e. The first kappa shape index (κ1) is 16.9. The van der Waals surface area contributed by atoms with Gasteiger partial charge in [0, 0.05) is 36.6 Å². The molecule has 0 aromatic carbocycles. The van der Waals surface area contributed by atoms with Gasteiger partial charge in [-0.3, -0.25) is 0 Å². The molecule has 4 rings (SSSR count). The zero-order chi connectivity index (χ0) is 17.4. The molecule has 2 saturated carbocycles. The fourth-order valence-electron chi connectivity index (χ4n) is 4.76. The average Bonchev–Trinajstić information content (AvgIpc) is 3.16. The minimum atomic E-state index is 0.356. The lowest BCUT2D eigenvalue weighted by Gasteiger charge is -2.63. The van der Waals surface area contributed by atoms with Crippen LogP contribution in [0.15, 0.2) is 15.6 Å². The summed E-state index contributed by atoms with van der Waals surface area (Å²) in [4.78, 5) is 4.74. The highest BCUT2D eigenvalue weighted by atomic mass is 16.5. The van der Waals surface area contributed by atoms with E-state index in [4.69, 9.17) is 14.3 Å². The molecule has 1 aromatic heterocycles. The third kappa shape index (κ3) is 2.84. The molecule has 3 fully saturated rings. The van der Waals surface area contributed by atoms with Crippen molar-refractivity contribution in [2.45, 2.75) is 71.1 Å². The Morgan fingerprint density at radius 1 is 1.44 bits per heavy atom. The molecule has 1 saturated heterocycles. The molecular formula is C19H30N4O2. The lowest BCUT2D eigenvalue weighted by molar-refractivity contribution is -0.171. The maximum absolute atomic E-state index is 6.01. The van der Waals surface area contributed by atoms with E-state index in [2.05, 4.69) is 36.6 Å². The second-order valence-corrected chi connectivity index (χ2v) is 8.02. The van der Waals surface area contributed by atoms with Crippen LogP contribution < -0.4 is 10.6 Å². The van der Waals surface area contributed by atoms with Crippen LogP contribution in [-0.4, -0.2) is 36.4 Å². The highest BCUT2D eigenvalue weighted by molar-refractivity contribution is 5.80. The summed E-state index contributed by atoms with van der Waals surface area (Å²) >= 11 is 0. The van der Waals surface area contributed by atoms with Gasteiger partial charge in [-0.25, -0.2) is 4.99 Å². The minimum Gasteiger partial charge on any atom is -0.377 e. The second-order valence-electron chi connectivity index (χ2n) is 8.02. The van der Waals surface area contributed by atoms with Crippen LogP contribution in [0.2, 0.25) is 0 Å². The van der Waals surface area contributed by atoms with Gasteiger partial charge in [0.05, 0.1) is 11.8 Å². The molecule has 6 heteroatoms. The summed E-state index contributed by atoms with van der Waals surface area (Å²) in [6.07, 6.45) is 5.54. The van der Waals surface area contributed by atoms with Gasteiger partial charge in [0.2, 0.25) is 0 Å². The van der Waals surface area contributed by atoms with E-state index in [0.29, 0.717) is 35.9 Å². The highest BCUT2D eigenvalue weighted by Gasteiger charge is 2.66. The van der Waals surface area contributed by atoms with Crippen molar-refractivity contribution >= 4 is 5.96 Å². The molecule has 1 spiro atoms. The molecule has 1 aliphatic heterocycles. The van der Waals surface area contributed by atoms with E-state index in [-0.39, 0.29) is 0 Å². The van der Waals surface area contributed by atoms with Crippen LogP contribution in [0.1, 0.15) is 63.8 Å². The van der Waals surface area contributed by atoms with Gasteiger partial charge in [-0.1, -0.05) is 25.4 Å². The van der Waals surface area contributed by atoms with Gasteiger partial charge in [-0.05, 0) is 32.1 Å². The van der Waals surface area contributed by atoms with Crippen LogP contribution in [0.25, 0.3) is 0 Å². The predicted octanol–water partition coefficient (Wildman–Crippen LogP) is 2.81. The summed E-state index contributed by atoms with van der Waals surface area (Å²) < 4.78 is 11.4. The van der Waals surface area contributed by atoms with Crippen molar-refractivity contribution in [1.29, 1.82) is 0 Å². The van der Waals surface area contributed by atoms with Crippen molar-refractivity contribution in [3.05, 3.63) is 17.5 Å². The van der Waals surface area contributed by atoms with Crippen molar-refractivity contribution in [3.63, 3.8) is 0 Å². The van der Waals surface area contributed by atoms with Crippen LogP contribution in [0, 0.1) is 11.3 Å². The number of ether oxygens (including phenoxy) is 1. The molecule has 0 amide bonds. The molecule has 0 radical (unpaired) electrons. The highest BCUT2D eigenvalue weighted by Crippen LogP contribution is 2.62. The van der Waals surface area contributed by atoms with Gasteiger partial charge in [0.1, 0.15) is 6.54 Å². The van der Waals surface area contributed by atoms with E-state index in [1.165, 1.54) is 25.7 Å². The normalized spacial score (nSPS) is 30.1. The minimum absolute atomic E-state index is 0.356. The van der Waals surface area contributed by atoms with E-state index in [1.54, 1.807) is 0 Å². The molecule has 3 atom stereocenters. The summed E-state index contributed by atoms with van der Waals surface area (Å²) in [5.74, 6) is 2.71. The second kappa shape index (κ2) is 6.63. The zero-order valence-corrected chi connectivity index (χ0v) is 15.5. The topological polar surface area (TPSA) is 71.7 Å². The van der Waals surface area contributed by atoms with E-state index in [1.807, 2.05) is 6.07 Å². The molecule has 138 valence electrons. The quantitative estimate of drug-likeness (QED) is 0.634. The Balaban J connectivity index is 1.43. The van der Waals surface area contributed by atoms with E-state index >= 15 is 0 Å². The first-order valence-corrected chi connectivity index (χ1v) is 9.76. The van der Waals surface area contributed by atoms with Crippen LogP contribution in [0.5, 0.6) is 0 Å². The van der Waals surface area contributed by atoms with Gasteiger partial charge in [-0.2, -0.15) is 0 Å². The van der Waals surface area contributed by atoms with Gasteiger partial charge < -0.3 is 19.9 Å².